The van der Waals surface area contributed by atoms with E-state index in [4.69, 9.17) is 5.73 Å². The van der Waals surface area contributed by atoms with Crippen LogP contribution in [0.25, 0.3) is 0 Å². The molecule has 0 heterocycles. The second-order valence-electron chi connectivity index (χ2n) is 6.48. The van der Waals surface area contributed by atoms with Gasteiger partial charge < -0.3 is 10.6 Å². The maximum atomic E-state index is 12.6. The fourth-order valence-electron chi connectivity index (χ4n) is 3.36. The Morgan fingerprint density at radius 1 is 1.11 bits per heavy atom. The first kappa shape index (κ1) is 15.5. The molecule has 106 valence electrons. The fraction of sp³-hybridized carbons (Fsp3) is 0.933. The molecule has 1 aliphatic rings. The average molecular weight is 254 g/mol. The minimum absolute atomic E-state index is 0.115. The number of nitrogens with two attached hydrogens (primary N) is 1. The van der Waals surface area contributed by atoms with E-state index in [0.717, 1.165) is 12.8 Å². The molecule has 0 aromatic rings. The molecule has 2 N–H and O–H groups in total. The molecule has 0 spiro atoms. The third-order valence-corrected chi connectivity index (χ3v) is 4.35. The van der Waals surface area contributed by atoms with Crippen LogP contribution < -0.4 is 5.73 Å². The summed E-state index contributed by atoms with van der Waals surface area (Å²) < 4.78 is 0. The molecule has 1 aliphatic carbocycles. The lowest BCUT2D eigenvalue weighted by Gasteiger charge is -2.39. The van der Waals surface area contributed by atoms with Gasteiger partial charge in [0.1, 0.15) is 0 Å². The predicted molar refractivity (Wildman–Crippen MR) is 76.2 cm³/mol. The molecule has 0 aromatic carbocycles. The van der Waals surface area contributed by atoms with Gasteiger partial charge in [0.25, 0.3) is 0 Å². The maximum absolute atomic E-state index is 12.6. The Balaban J connectivity index is 2.74. The highest BCUT2D eigenvalue weighted by atomic mass is 16.2. The minimum atomic E-state index is 0.115. The van der Waals surface area contributed by atoms with Crippen molar-refractivity contribution in [2.75, 3.05) is 7.05 Å². The van der Waals surface area contributed by atoms with Crippen molar-refractivity contribution in [3.05, 3.63) is 0 Å². The molecule has 0 aromatic heterocycles. The maximum Gasteiger partial charge on any atom is 0.226 e. The molecule has 2 atom stereocenters. The van der Waals surface area contributed by atoms with Crippen molar-refractivity contribution < 1.29 is 4.79 Å². The predicted octanol–water partition coefficient (Wildman–Crippen LogP) is 2.64. The number of rotatable bonds is 4. The van der Waals surface area contributed by atoms with Crippen LogP contribution in [0.1, 0.15) is 53.4 Å². The third kappa shape index (κ3) is 3.47. The number of carbonyl (C=O) groups is 1. The summed E-state index contributed by atoms with van der Waals surface area (Å²) in [6.45, 7) is 8.54. The van der Waals surface area contributed by atoms with E-state index >= 15 is 0 Å². The lowest BCUT2D eigenvalue weighted by atomic mass is 9.83. The molecule has 0 bridgehead atoms. The monoisotopic (exact) mass is 254 g/mol. The molecule has 18 heavy (non-hydrogen) atoms. The van der Waals surface area contributed by atoms with Crippen molar-refractivity contribution in [1.82, 2.24) is 4.90 Å². The first-order chi connectivity index (χ1) is 8.36. The van der Waals surface area contributed by atoms with Crippen LogP contribution in [-0.4, -0.2) is 29.9 Å². The second-order valence-corrected chi connectivity index (χ2v) is 6.48. The van der Waals surface area contributed by atoms with E-state index in [2.05, 4.69) is 27.7 Å². The van der Waals surface area contributed by atoms with Crippen molar-refractivity contribution in [3.63, 3.8) is 0 Å². The Kier molecular flexibility index (Phi) is 5.64. The van der Waals surface area contributed by atoms with Gasteiger partial charge in [0.2, 0.25) is 5.91 Å². The lowest BCUT2D eigenvalue weighted by molar-refractivity contribution is -0.140. The van der Waals surface area contributed by atoms with Crippen molar-refractivity contribution in [2.45, 2.75) is 65.5 Å². The zero-order valence-electron chi connectivity index (χ0n) is 12.6. The molecular weight excluding hydrogens is 224 g/mol. The van der Waals surface area contributed by atoms with E-state index in [1.165, 1.54) is 12.8 Å². The summed E-state index contributed by atoms with van der Waals surface area (Å²) in [5, 5.41) is 0. The zero-order chi connectivity index (χ0) is 13.9. The van der Waals surface area contributed by atoms with Crippen LogP contribution in [0.5, 0.6) is 0 Å². The van der Waals surface area contributed by atoms with Crippen molar-refractivity contribution >= 4 is 5.91 Å². The van der Waals surface area contributed by atoms with Gasteiger partial charge in [-0.1, -0.05) is 40.5 Å². The normalized spacial score (nSPS) is 24.9. The molecule has 0 radical (unpaired) electrons. The van der Waals surface area contributed by atoms with Gasteiger partial charge in [-0.2, -0.15) is 0 Å². The van der Waals surface area contributed by atoms with E-state index in [9.17, 15) is 4.79 Å². The van der Waals surface area contributed by atoms with Gasteiger partial charge in [-0.15, -0.1) is 0 Å². The van der Waals surface area contributed by atoms with Crippen molar-refractivity contribution in [1.29, 1.82) is 0 Å². The lowest BCUT2D eigenvalue weighted by Crippen LogP contribution is -2.52. The van der Waals surface area contributed by atoms with Crippen molar-refractivity contribution in [3.8, 4) is 0 Å². The van der Waals surface area contributed by atoms with Crippen molar-refractivity contribution in [2.24, 2.45) is 23.5 Å². The van der Waals surface area contributed by atoms with Crippen LogP contribution >= 0.6 is 0 Å². The van der Waals surface area contributed by atoms with Gasteiger partial charge in [0, 0.05) is 25.0 Å². The average Bonchev–Trinajstić information content (AvgIpc) is 2.27. The summed E-state index contributed by atoms with van der Waals surface area (Å²) in [7, 11) is 1.94. The highest BCUT2D eigenvalue weighted by Crippen LogP contribution is 2.27. The molecular formula is C15H30N2O. The van der Waals surface area contributed by atoms with Gasteiger partial charge in [-0.3, -0.25) is 4.79 Å². The number of likely N-dealkylation sites (N-methyl/N-ethyl adjacent to an activating group) is 1. The van der Waals surface area contributed by atoms with Gasteiger partial charge >= 0.3 is 0 Å². The molecule has 1 saturated carbocycles. The van der Waals surface area contributed by atoms with E-state index in [0.29, 0.717) is 11.8 Å². The summed E-state index contributed by atoms with van der Waals surface area (Å²) >= 11 is 0. The van der Waals surface area contributed by atoms with E-state index < -0.39 is 0 Å². The second kappa shape index (κ2) is 6.55. The van der Waals surface area contributed by atoms with E-state index in [1.54, 1.807) is 0 Å². The topological polar surface area (TPSA) is 46.3 Å². The highest BCUT2D eigenvalue weighted by Gasteiger charge is 2.34. The van der Waals surface area contributed by atoms with Gasteiger partial charge in [-0.05, 0) is 24.7 Å². The molecule has 3 heteroatoms. The van der Waals surface area contributed by atoms with Gasteiger partial charge in [0.15, 0.2) is 0 Å². The molecule has 1 rings (SSSR count). The van der Waals surface area contributed by atoms with Gasteiger partial charge in [-0.25, -0.2) is 0 Å². The number of hydrogen-bond donors (Lipinski definition) is 1. The van der Waals surface area contributed by atoms with E-state index in [-0.39, 0.29) is 23.9 Å². The van der Waals surface area contributed by atoms with Crippen LogP contribution in [0.4, 0.5) is 0 Å². The number of carbonyl (C=O) groups excluding carboxylic acids is 1. The quantitative estimate of drug-likeness (QED) is 0.838. The minimum Gasteiger partial charge on any atom is -0.341 e. The van der Waals surface area contributed by atoms with Crippen LogP contribution in [-0.2, 0) is 4.79 Å². The van der Waals surface area contributed by atoms with Crippen LogP contribution in [0.3, 0.4) is 0 Å². The Hall–Kier alpha value is -0.570. The molecule has 1 fully saturated rings. The fourth-order valence-corrected chi connectivity index (χ4v) is 3.36. The molecule has 1 amide bonds. The molecule has 3 nitrogen and oxygen atoms in total. The molecule has 0 aliphatic heterocycles. The Morgan fingerprint density at radius 2 is 1.61 bits per heavy atom. The van der Waals surface area contributed by atoms with Crippen LogP contribution in [0, 0.1) is 17.8 Å². The molecule has 2 unspecified atom stereocenters. The Morgan fingerprint density at radius 3 is 2.06 bits per heavy atom. The molecule has 0 saturated heterocycles. The smallest absolute Gasteiger partial charge is 0.226 e. The number of nitrogens with zero attached hydrogens (tertiary/aromatic N) is 1. The number of hydrogen-bond acceptors (Lipinski definition) is 2. The zero-order valence-corrected chi connectivity index (χ0v) is 12.6. The summed E-state index contributed by atoms with van der Waals surface area (Å²) in [5.74, 6) is 1.17. The Bertz CT molecular complexity index is 268. The summed E-state index contributed by atoms with van der Waals surface area (Å²) in [6, 6.07) is 0.402. The Labute approximate surface area is 112 Å². The SMILES string of the molecule is CC(C)C(C(=O)N(C)C1CCCCC1N)C(C)C. The summed E-state index contributed by atoms with van der Waals surface area (Å²) in [4.78, 5) is 14.6. The highest BCUT2D eigenvalue weighted by molar-refractivity contribution is 5.79. The van der Waals surface area contributed by atoms with Gasteiger partial charge in [0.05, 0.1) is 0 Å². The first-order valence-corrected chi connectivity index (χ1v) is 7.38. The first-order valence-electron chi connectivity index (χ1n) is 7.38. The standard InChI is InChI=1S/C15H30N2O/c1-10(2)14(11(3)4)15(18)17(5)13-9-7-6-8-12(13)16/h10-14H,6-9,16H2,1-5H3. The summed E-state index contributed by atoms with van der Waals surface area (Å²) in [6.07, 6.45) is 4.52. The summed E-state index contributed by atoms with van der Waals surface area (Å²) in [5.41, 5.74) is 6.18. The van der Waals surface area contributed by atoms with Crippen LogP contribution in [0.15, 0.2) is 0 Å². The third-order valence-electron chi connectivity index (χ3n) is 4.35. The largest absolute Gasteiger partial charge is 0.341 e. The van der Waals surface area contributed by atoms with E-state index in [1.807, 2.05) is 11.9 Å². The number of amides is 1. The van der Waals surface area contributed by atoms with Crippen LogP contribution in [0.2, 0.25) is 0 Å².